The molecular weight excluding hydrogens is 328 g/mol. The van der Waals surface area contributed by atoms with Gasteiger partial charge in [-0.05, 0) is 56.3 Å². The van der Waals surface area contributed by atoms with Gasteiger partial charge in [0.05, 0.1) is 15.9 Å². The first-order valence-electron chi connectivity index (χ1n) is 8.01. The average Bonchev–Trinajstić information content (AvgIpc) is 3.04. The first kappa shape index (κ1) is 17.0. The molecule has 5 heteroatoms. The SMILES string of the molecule is CCc1nn(C)c(CC(NC)C2(N(C)C)CCCC2)c1Br. The molecule has 1 unspecified atom stereocenters. The number of hydrogen-bond donors (Lipinski definition) is 1. The van der Waals surface area contributed by atoms with Gasteiger partial charge in [-0.25, -0.2) is 0 Å². The van der Waals surface area contributed by atoms with Crippen molar-refractivity contribution in [2.45, 2.75) is 57.0 Å². The number of nitrogens with zero attached hydrogens (tertiary/aromatic N) is 3. The second-order valence-electron chi connectivity index (χ2n) is 6.44. The highest BCUT2D eigenvalue weighted by molar-refractivity contribution is 9.10. The molecule has 0 aromatic carbocycles. The van der Waals surface area contributed by atoms with Crippen LogP contribution in [-0.2, 0) is 19.9 Å². The Labute approximate surface area is 137 Å². The monoisotopic (exact) mass is 356 g/mol. The predicted octanol–water partition coefficient (Wildman–Crippen LogP) is 2.75. The van der Waals surface area contributed by atoms with Gasteiger partial charge in [0.2, 0.25) is 0 Å². The maximum atomic E-state index is 4.64. The summed E-state index contributed by atoms with van der Waals surface area (Å²) in [5.41, 5.74) is 2.73. The third kappa shape index (κ3) is 3.06. The molecule has 21 heavy (non-hydrogen) atoms. The van der Waals surface area contributed by atoms with Crippen LogP contribution in [0.5, 0.6) is 0 Å². The van der Waals surface area contributed by atoms with E-state index in [0.717, 1.165) is 18.5 Å². The highest BCUT2D eigenvalue weighted by atomic mass is 79.9. The van der Waals surface area contributed by atoms with Gasteiger partial charge in [-0.2, -0.15) is 5.10 Å². The molecule has 0 saturated heterocycles. The molecular formula is C16H29BrN4. The fourth-order valence-electron chi connectivity index (χ4n) is 3.89. The molecule has 0 amide bonds. The Kier molecular flexibility index (Phi) is 5.49. The van der Waals surface area contributed by atoms with Crippen molar-refractivity contribution in [3.63, 3.8) is 0 Å². The lowest BCUT2D eigenvalue weighted by molar-refractivity contribution is 0.107. The number of rotatable bonds is 6. The third-order valence-corrected chi connectivity index (χ3v) is 6.17. The van der Waals surface area contributed by atoms with E-state index in [-0.39, 0.29) is 5.54 Å². The summed E-state index contributed by atoms with van der Waals surface area (Å²) in [5.74, 6) is 0. The first-order chi connectivity index (χ1) is 9.96. The maximum Gasteiger partial charge on any atom is 0.0766 e. The van der Waals surface area contributed by atoms with Gasteiger partial charge >= 0.3 is 0 Å². The van der Waals surface area contributed by atoms with E-state index >= 15 is 0 Å². The number of nitrogens with one attached hydrogen (secondary N) is 1. The van der Waals surface area contributed by atoms with E-state index in [0.29, 0.717) is 6.04 Å². The van der Waals surface area contributed by atoms with Crippen LogP contribution in [0.25, 0.3) is 0 Å². The molecule has 0 radical (unpaired) electrons. The van der Waals surface area contributed by atoms with Crippen molar-refractivity contribution in [2.24, 2.45) is 7.05 Å². The third-order valence-electron chi connectivity index (χ3n) is 5.26. The van der Waals surface area contributed by atoms with E-state index in [1.807, 2.05) is 4.68 Å². The Morgan fingerprint density at radius 3 is 2.43 bits per heavy atom. The molecule has 1 aromatic rings. The number of hydrogen-bond acceptors (Lipinski definition) is 3. The molecule has 120 valence electrons. The summed E-state index contributed by atoms with van der Waals surface area (Å²) >= 11 is 3.76. The molecule has 0 aliphatic heterocycles. The summed E-state index contributed by atoms with van der Waals surface area (Å²) < 4.78 is 3.24. The summed E-state index contributed by atoms with van der Waals surface area (Å²) in [4.78, 5) is 2.44. The van der Waals surface area contributed by atoms with Crippen molar-refractivity contribution < 1.29 is 0 Å². The molecule has 1 saturated carbocycles. The van der Waals surface area contributed by atoms with Gasteiger partial charge in [0.15, 0.2) is 0 Å². The molecule has 1 aromatic heterocycles. The van der Waals surface area contributed by atoms with E-state index in [9.17, 15) is 0 Å². The smallest absolute Gasteiger partial charge is 0.0766 e. The van der Waals surface area contributed by atoms with Crippen molar-refractivity contribution in [1.29, 1.82) is 0 Å². The lowest BCUT2D eigenvalue weighted by Gasteiger charge is -2.43. The molecule has 1 atom stereocenters. The van der Waals surface area contributed by atoms with Crippen LogP contribution < -0.4 is 5.32 Å². The Hall–Kier alpha value is -0.390. The Morgan fingerprint density at radius 2 is 2.00 bits per heavy atom. The van der Waals surface area contributed by atoms with E-state index in [1.165, 1.54) is 35.8 Å². The van der Waals surface area contributed by atoms with Crippen molar-refractivity contribution >= 4 is 15.9 Å². The van der Waals surface area contributed by atoms with Crippen molar-refractivity contribution in [3.05, 3.63) is 15.9 Å². The van der Waals surface area contributed by atoms with Crippen LogP contribution in [0.1, 0.15) is 44.0 Å². The van der Waals surface area contributed by atoms with Gasteiger partial charge < -0.3 is 10.2 Å². The van der Waals surface area contributed by atoms with Gasteiger partial charge in [-0.15, -0.1) is 0 Å². The standard InChI is InChI=1S/C16H29BrN4/c1-6-12-15(17)13(21(5)19-12)11-14(18-2)16(20(3)4)9-7-8-10-16/h14,18H,6-11H2,1-5H3. The zero-order valence-corrected chi connectivity index (χ0v) is 15.6. The van der Waals surface area contributed by atoms with E-state index < -0.39 is 0 Å². The largest absolute Gasteiger partial charge is 0.315 e. The molecule has 4 nitrogen and oxygen atoms in total. The predicted molar refractivity (Wildman–Crippen MR) is 91.7 cm³/mol. The molecule has 1 fully saturated rings. The summed E-state index contributed by atoms with van der Waals surface area (Å²) in [7, 11) is 8.61. The fraction of sp³-hybridized carbons (Fsp3) is 0.812. The van der Waals surface area contributed by atoms with Gasteiger partial charge in [-0.1, -0.05) is 19.8 Å². The minimum Gasteiger partial charge on any atom is -0.315 e. The summed E-state index contributed by atoms with van der Waals surface area (Å²) in [6, 6.07) is 0.450. The normalized spacial score (nSPS) is 19.4. The van der Waals surface area contributed by atoms with Gasteiger partial charge in [0.25, 0.3) is 0 Å². The Bertz CT molecular complexity index is 475. The average molecular weight is 357 g/mol. The van der Waals surface area contributed by atoms with E-state index in [4.69, 9.17) is 0 Å². The van der Waals surface area contributed by atoms with Crippen molar-refractivity contribution in [2.75, 3.05) is 21.1 Å². The van der Waals surface area contributed by atoms with Crippen LogP contribution in [0.3, 0.4) is 0 Å². The van der Waals surface area contributed by atoms with Crippen LogP contribution in [0.4, 0.5) is 0 Å². The summed E-state index contributed by atoms with van der Waals surface area (Å²) in [6.45, 7) is 2.16. The van der Waals surface area contributed by atoms with E-state index in [2.05, 4.69) is 66.4 Å². The van der Waals surface area contributed by atoms with Gasteiger partial charge in [0.1, 0.15) is 0 Å². The number of halogens is 1. The van der Waals surface area contributed by atoms with Gasteiger partial charge in [0, 0.05) is 25.0 Å². The molecule has 1 N–H and O–H groups in total. The molecule has 1 aliphatic carbocycles. The summed E-state index contributed by atoms with van der Waals surface area (Å²) in [5, 5.41) is 8.23. The second kappa shape index (κ2) is 6.80. The molecule has 2 rings (SSSR count). The van der Waals surface area contributed by atoms with Gasteiger partial charge in [-0.3, -0.25) is 4.68 Å². The molecule has 0 spiro atoms. The van der Waals surface area contributed by atoms with Crippen LogP contribution in [0, 0.1) is 0 Å². The van der Waals surface area contributed by atoms with Crippen LogP contribution in [0.15, 0.2) is 4.47 Å². The number of likely N-dealkylation sites (N-methyl/N-ethyl adjacent to an activating group) is 2. The molecule has 1 heterocycles. The number of aryl methyl sites for hydroxylation is 2. The zero-order chi connectivity index (χ0) is 15.6. The van der Waals surface area contributed by atoms with Crippen LogP contribution in [0.2, 0.25) is 0 Å². The highest BCUT2D eigenvalue weighted by Crippen LogP contribution is 2.38. The van der Waals surface area contributed by atoms with Crippen LogP contribution >= 0.6 is 15.9 Å². The minimum absolute atomic E-state index is 0.269. The van der Waals surface area contributed by atoms with Crippen molar-refractivity contribution in [3.8, 4) is 0 Å². The Balaban J connectivity index is 2.29. The lowest BCUT2D eigenvalue weighted by atomic mass is 9.84. The maximum absolute atomic E-state index is 4.64. The number of aromatic nitrogens is 2. The Morgan fingerprint density at radius 1 is 1.38 bits per heavy atom. The van der Waals surface area contributed by atoms with E-state index in [1.54, 1.807) is 0 Å². The molecule has 0 bridgehead atoms. The zero-order valence-electron chi connectivity index (χ0n) is 14.0. The lowest BCUT2D eigenvalue weighted by Crippen LogP contribution is -2.57. The van der Waals surface area contributed by atoms with Crippen LogP contribution in [-0.4, -0.2) is 47.4 Å². The quantitative estimate of drug-likeness (QED) is 0.850. The highest BCUT2D eigenvalue weighted by Gasteiger charge is 2.43. The minimum atomic E-state index is 0.269. The second-order valence-corrected chi connectivity index (χ2v) is 7.23. The fourth-order valence-corrected chi connectivity index (χ4v) is 4.67. The van der Waals surface area contributed by atoms with Crippen molar-refractivity contribution in [1.82, 2.24) is 20.0 Å². The molecule has 1 aliphatic rings. The first-order valence-corrected chi connectivity index (χ1v) is 8.80. The topological polar surface area (TPSA) is 33.1 Å². The summed E-state index contributed by atoms with van der Waals surface area (Å²) in [6.07, 6.45) is 7.21.